The average molecular weight is 754 g/mol. The fourth-order valence-electron chi connectivity index (χ4n) is 9.03. The Bertz CT molecular complexity index is 3540. The third-order valence-corrected chi connectivity index (χ3v) is 11.7. The number of benzene rings is 9. The van der Waals surface area contributed by atoms with Crippen LogP contribution in [0.3, 0.4) is 0 Å². The standard InChI is InChI=1S/C55H35N3O/c1-4-16-36(17-5-1)39-22-14-23-42(32-39)57-49-28-13-11-26-47(49)56-55(57)46-33-41(38-20-8-3-9-21-38)35-52-53(46)45-25-15-29-50(54(45)59-52)58-48-27-12-10-24-43(48)44-31-30-40(34-51(44)58)37-18-6-2-7-19-37/h1-35H. The van der Waals surface area contributed by atoms with Crippen molar-refractivity contribution >= 4 is 54.8 Å². The van der Waals surface area contributed by atoms with E-state index in [-0.39, 0.29) is 0 Å². The maximum absolute atomic E-state index is 7.18. The van der Waals surface area contributed by atoms with Gasteiger partial charge in [0, 0.05) is 32.8 Å². The van der Waals surface area contributed by atoms with Gasteiger partial charge in [-0.1, -0.05) is 158 Å². The predicted molar refractivity (Wildman–Crippen MR) is 244 cm³/mol. The Kier molecular flexibility index (Phi) is 7.50. The highest BCUT2D eigenvalue weighted by Crippen LogP contribution is 2.44. The van der Waals surface area contributed by atoms with Gasteiger partial charge in [-0.05, 0) is 88.0 Å². The lowest BCUT2D eigenvalue weighted by atomic mass is 9.98. The Balaban J connectivity index is 1.16. The van der Waals surface area contributed by atoms with E-state index in [0.29, 0.717) is 0 Å². The molecule has 0 bridgehead atoms. The maximum Gasteiger partial charge on any atom is 0.159 e. The molecule has 3 aromatic heterocycles. The van der Waals surface area contributed by atoms with E-state index in [1.54, 1.807) is 0 Å². The Morgan fingerprint density at radius 3 is 1.73 bits per heavy atom. The molecular formula is C55H35N3O. The second-order valence-electron chi connectivity index (χ2n) is 15.1. The first-order chi connectivity index (χ1) is 29.3. The maximum atomic E-state index is 7.18. The summed E-state index contributed by atoms with van der Waals surface area (Å²) >= 11 is 0. The molecule has 59 heavy (non-hydrogen) atoms. The van der Waals surface area contributed by atoms with E-state index in [1.165, 1.54) is 27.5 Å². The van der Waals surface area contributed by atoms with Crippen molar-refractivity contribution in [1.82, 2.24) is 14.1 Å². The van der Waals surface area contributed by atoms with Crippen molar-refractivity contribution in [1.29, 1.82) is 0 Å². The average Bonchev–Trinajstić information content (AvgIpc) is 3.99. The van der Waals surface area contributed by atoms with E-state index in [9.17, 15) is 0 Å². The molecule has 0 aliphatic carbocycles. The number of para-hydroxylation sites is 4. The molecule has 4 heteroatoms. The van der Waals surface area contributed by atoms with Crippen LogP contribution in [-0.4, -0.2) is 14.1 Å². The van der Waals surface area contributed by atoms with Crippen molar-refractivity contribution in [3.8, 4) is 56.1 Å². The Morgan fingerprint density at radius 2 is 0.966 bits per heavy atom. The topological polar surface area (TPSA) is 35.9 Å². The van der Waals surface area contributed by atoms with Crippen LogP contribution in [0.15, 0.2) is 217 Å². The largest absolute Gasteiger partial charge is 0.454 e. The zero-order valence-electron chi connectivity index (χ0n) is 32.0. The van der Waals surface area contributed by atoms with Crippen LogP contribution in [0.5, 0.6) is 0 Å². The quantitative estimate of drug-likeness (QED) is 0.169. The summed E-state index contributed by atoms with van der Waals surface area (Å²) in [6, 6.07) is 75.4. The summed E-state index contributed by atoms with van der Waals surface area (Å²) in [4.78, 5) is 5.44. The molecule has 0 aliphatic heterocycles. The predicted octanol–water partition coefficient (Wildman–Crippen LogP) is 14.7. The van der Waals surface area contributed by atoms with Crippen molar-refractivity contribution in [2.75, 3.05) is 0 Å². The second-order valence-corrected chi connectivity index (χ2v) is 15.1. The third kappa shape index (κ3) is 5.34. The molecule has 9 aromatic carbocycles. The first-order valence-corrected chi connectivity index (χ1v) is 20.0. The highest BCUT2D eigenvalue weighted by Gasteiger charge is 2.24. The molecule has 12 aromatic rings. The van der Waals surface area contributed by atoms with Crippen LogP contribution < -0.4 is 0 Å². The number of fused-ring (bicyclic) bond motifs is 7. The molecule has 0 saturated carbocycles. The van der Waals surface area contributed by atoms with Crippen LogP contribution in [-0.2, 0) is 0 Å². The van der Waals surface area contributed by atoms with Crippen LogP contribution in [0.25, 0.3) is 111 Å². The smallest absolute Gasteiger partial charge is 0.159 e. The van der Waals surface area contributed by atoms with E-state index >= 15 is 0 Å². The van der Waals surface area contributed by atoms with Crippen molar-refractivity contribution in [3.05, 3.63) is 212 Å². The van der Waals surface area contributed by atoms with Gasteiger partial charge in [0.15, 0.2) is 5.58 Å². The number of hydrogen-bond acceptors (Lipinski definition) is 2. The van der Waals surface area contributed by atoms with Gasteiger partial charge in [0.1, 0.15) is 11.4 Å². The van der Waals surface area contributed by atoms with Gasteiger partial charge in [0.25, 0.3) is 0 Å². The lowest BCUT2D eigenvalue weighted by Gasteiger charge is -2.14. The van der Waals surface area contributed by atoms with Gasteiger partial charge in [-0.25, -0.2) is 4.98 Å². The minimum absolute atomic E-state index is 0.811. The molecular weight excluding hydrogens is 719 g/mol. The van der Waals surface area contributed by atoms with Crippen molar-refractivity contribution in [2.45, 2.75) is 0 Å². The second kappa shape index (κ2) is 13.3. The van der Waals surface area contributed by atoms with E-state index in [1.807, 2.05) is 0 Å². The van der Waals surface area contributed by atoms with Gasteiger partial charge in [-0.2, -0.15) is 0 Å². The van der Waals surface area contributed by atoms with Gasteiger partial charge >= 0.3 is 0 Å². The van der Waals surface area contributed by atoms with Crippen molar-refractivity contribution in [2.24, 2.45) is 0 Å². The van der Waals surface area contributed by atoms with E-state index in [4.69, 9.17) is 9.40 Å². The Hall–Kier alpha value is -7.95. The lowest BCUT2D eigenvalue weighted by molar-refractivity contribution is 0.666. The fourth-order valence-corrected chi connectivity index (χ4v) is 9.03. The molecule has 0 fully saturated rings. The Morgan fingerprint density at radius 1 is 0.373 bits per heavy atom. The minimum atomic E-state index is 0.811. The zero-order chi connectivity index (χ0) is 38.9. The van der Waals surface area contributed by atoms with Gasteiger partial charge in [-0.3, -0.25) is 4.57 Å². The summed E-state index contributed by atoms with van der Waals surface area (Å²) in [5, 5.41) is 4.47. The molecule has 0 radical (unpaired) electrons. The van der Waals surface area contributed by atoms with Crippen LogP contribution in [0, 0.1) is 0 Å². The molecule has 12 rings (SSSR count). The van der Waals surface area contributed by atoms with Gasteiger partial charge in [-0.15, -0.1) is 0 Å². The highest BCUT2D eigenvalue weighted by molar-refractivity contribution is 6.17. The van der Waals surface area contributed by atoms with Crippen LogP contribution in [0.4, 0.5) is 0 Å². The van der Waals surface area contributed by atoms with Gasteiger partial charge in [0.05, 0.1) is 27.8 Å². The Labute approximate surface area is 340 Å². The van der Waals surface area contributed by atoms with E-state index in [2.05, 4.69) is 221 Å². The SMILES string of the molecule is c1ccc(-c2cccc(-n3c(-c4cc(-c5ccccc5)cc5oc6c(-n7c8ccccc8c8ccc(-c9ccccc9)cc87)cccc6c45)nc4ccccc43)c2)cc1. The number of rotatable bonds is 6. The summed E-state index contributed by atoms with van der Waals surface area (Å²) < 4.78 is 11.9. The minimum Gasteiger partial charge on any atom is -0.454 e. The fraction of sp³-hybridized carbons (Fsp3) is 0. The summed E-state index contributed by atoms with van der Waals surface area (Å²) in [5.74, 6) is 0.858. The summed E-state index contributed by atoms with van der Waals surface area (Å²) in [6.45, 7) is 0. The first-order valence-electron chi connectivity index (χ1n) is 20.0. The monoisotopic (exact) mass is 753 g/mol. The summed E-state index contributed by atoms with van der Waals surface area (Å²) in [7, 11) is 0. The number of aromatic nitrogens is 3. The van der Waals surface area contributed by atoms with Crippen LogP contribution >= 0.6 is 0 Å². The number of nitrogens with zero attached hydrogens (tertiary/aromatic N) is 3. The molecule has 0 aliphatic rings. The van der Waals surface area contributed by atoms with Gasteiger partial charge < -0.3 is 8.98 Å². The van der Waals surface area contributed by atoms with E-state index < -0.39 is 0 Å². The molecule has 0 spiro atoms. The number of imidazole rings is 1. The van der Waals surface area contributed by atoms with Crippen molar-refractivity contribution < 1.29 is 4.42 Å². The lowest BCUT2D eigenvalue weighted by Crippen LogP contribution is -1.99. The van der Waals surface area contributed by atoms with Crippen LogP contribution in [0.1, 0.15) is 0 Å². The molecule has 0 N–H and O–H groups in total. The third-order valence-electron chi connectivity index (χ3n) is 11.7. The molecule has 0 atom stereocenters. The van der Waals surface area contributed by atoms with Crippen molar-refractivity contribution in [3.63, 3.8) is 0 Å². The van der Waals surface area contributed by atoms with Crippen LogP contribution in [0.2, 0.25) is 0 Å². The molecule has 0 amide bonds. The number of hydrogen-bond donors (Lipinski definition) is 0. The molecule has 0 saturated heterocycles. The molecule has 276 valence electrons. The normalized spacial score (nSPS) is 11.7. The molecule has 3 heterocycles. The first kappa shape index (κ1) is 33.2. The molecule has 4 nitrogen and oxygen atoms in total. The zero-order valence-corrected chi connectivity index (χ0v) is 32.0. The highest BCUT2D eigenvalue weighted by atomic mass is 16.3. The number of furan rings is 1. The van der Waals surface area contributed by atoms with Gasteiger partial charge in [0.2, 0.25) is 0 Å². The molecule has 0 unspecified atom stereocenters. The summed E-state index contributed by atoms with van der Waals surface area (Å²) in [6.07, 6.45) is 0. The summed E-state index contributed by atoms with van der Waals surface area (Å²) in [5.41, 5.74) is 15.8. The van der Waals surface area contributed by atoms with E-state index in [0.717, 1.165) is 83.5 Å².